The highest BCUT2D eigenvalue weighted by molar-refractivity contribution is 8.00. The lowest BCUT2D eigenvalue weighted by atomic mass is 10.1. The molecule has 0 spiro atoms. The Bertz CT molecular complexity index is 1160. The lowest BCUT2D eigenvalue weighted by Gasteiger charge is -2.27. The topological polar surface area (TPSA) is 53.9 Å². The van der Waals surface area contributed by atoms with Crippen LogP contribution in [0.1, 0.15) is 21.5 Å². The first-order valence-corrected chi connectivity index (χ1v) is 11.9. The Morgan fingerprint density at radius 2 is 2.00 bits per heavy atom. The molecule has 0 bridgehead atoms. The van der Waals surface area contributed by atoms with Crippen LogP contribution in [0.25, 0.3) is 6.08 Å². The number of rotatable bonds is 7. The lowest BCUT2D eigenvalue weighted by Crippen LogP contribution is -2.25. The SMILES string of the molecule is C=Nc1ccccc1/C=C\Cc1cc(NC(=O)c2ccc(N3COCCS3)cc2)ccc1Cl. The molecule has 33 heavy (non-hydrogen) atoms. The smallest absolute Gasteiger partial charge is 0.255 e. The first-order valence-electron chi connectivity index (χ1n) is 10.5. The molecule has 0 aliphatic carbocycles. The largest absolute Gasteiger partial charge is 0.359 e. The Morgan fingerprint density at radius 3 is 2.76 bits per heavy atom. The van der Waals surface area contributed by atoms with Gasteiger partial charge in [-0.15, -0.1) is 0 Å². The molecule has 1 heterocycles. The van der Waals surface area contributed by atoms with Gasteiger partial charge in [-0.25, -0.2) is 0 Å². The van der Waals surface area contributed by atoms with Gasteiger partial charge in [0.25, 0.3) is 5.91 Å². The summed E-state index contributed by atoms with van der Waals surface area (Å²) in [4.78, 5) is 16.8. The molecule has 168 valence electrons. The van der Waals surface area contributed by atoms with Crippen molar-refractivity contribution in [2.24, 2.45) is 4.99 Å². The van der Waals surface area contributed by atoms with Gasteiger partial charge in [-0.1, -0.05) is 42.0 Å². The van der Waals surface area contributed by atoms with Gasteiger partial charge in [0.1, 0.15) is 6.73 Å². The van der Waals surface area contributed by atoms with Gasteiger partial charge in [0.15, 0.2) is 0 Å². The molecule has 1 fully saturated rings. The Labute approximate surface area is 203 Å². The Balaban J connectivity index is 1.41. The molecule has 4 rings (SSSR count). The monoisotopic (exact) mass is 477 g/mol. The molecule has 0 atom stereocenters. The van der Waals surface area contributed by atoms with E-state index in [1.807, 2.05) is 66.7 Å². The molecule has 1 aliphatic heterocycles. The lowest BCUT2D eigenvalue weighted by molar-refractivity contribution is 0.102. The van der Waals surface area contributed by atoms with Gasteiger partial charge in [-0.2, -0.15) is 0 Å². The summed E-state index contributed by atoms with van der Waals surface area (Å²) >= 11 is 8.11. The normalized spacial score (nSPS) is 13.8. The number of nitrogens with zero attached hydrogens (tertiary/aromatic N) is 2. The number of nitrogens with one attached hydrogen (secondary N) is 1. The van der Waals surface area contributed by atoms with Crippen LogP contribution in [0.15, 0.2) is 77.8 Å². The summed E-state index contributed by atoms with van der Waals surface area (Å²) in [6.07, 6.45) is 4.65. The fraction of sp³-hybridized carbons (Fsp3) is 0.154. The van der Waals surface area contributed by atoms with Gasteiger partial charge >= 0.3 is 0 Å². The third-order valence-electron chi connectivity index (χ3n) is 5.15. The van der Waals surface area contributed by atoms with E-state index >= 15 is 0 Å². The molecule has 5 nitrogen and oxygen atoms in total. The molecule has 0 unspecified atom stereocenters. The molecule has 0 aromatic heterocycles. The van der Waals surface area contributed by atoms with Crippen LogP contribution in [-0.2, 0) is 11.2 Å². The highest BCUT2D eigenvalue weighted by Gasteiger charge is 2.13. The molecule has 1 amide bonds. The van der Waals surface area contributed by atoms with Crippen LogP contribution in [0.3, 0.4) is 0 Å². The van der Waals surface area contributed by atoms with Gasteiger partial charge in [0.2, 0.25) is 0 Å². The number of hydrogen-bond acceptors (Lipinski definition) is 5. The molecule has 1 aliphatic rings. The number of carbonyl (C=O) groups excluding carboxylic acids is 1. The van der Waals surface area contributed by atoms with E-state index in [9.17, 15) is 4.79 Å². The van der Waals surface area contributed by atoms with Crippen LogP contribution in [-0.4, -0.2) is 31.7 Å². The van der Waals surface area contributed by atoms with Crippen molar-refractivity contribution < 1.29 is 9.53 Å². The van der Waals surface area contributed by atoms with E-state index in [2.05, 4.69) is 21.3 Å². The highest BCUT2D eigenvalue weighted by Crippen LogP contribution is 2.26. The van der Waals surface area contributed by atoms with Crippen LogP contribution in [0.4, 0.5) is 17.1 Å². The summed E-state index contributed by atoms with van der Waals surface area (Å²) in [5.74, 6) is 0.757. The third kappa shape index (κ3) is 6.05. The van der Waals surface area contributed by atoms with Gasteiger partial charge < -0.3 is 10.1 Å². The summed E-state index contributed by atoms with van der Waals surface area (Å²) in [6, 6.07) is 20.8. The zero-order valence-corrected chi connectivity index (χ0v) is 19.6. The van der Waals surface area contributed by atoms with E-state index in [-0.39, 0.29) is 5.91 Å². The van der Waals surface area contributed by atoms with Crippen LogP contribution >= 0.6 is 23.5 Å². The van der Waals surface area contributed by atoms with Crippen LogP contribution in [0.5, 0.6) is 0 Å². The van der Waals surface area contributed by atoms with E-state index in [4.69, 9.17) is 16.3 Å². The van der Waals surface area contributed by atoms with Gasteiger partial charge in [0.05, 0.1) is 12.3 Å². The van der Waals surface area contributed by atoms with E-state index in [0.29, 0.717) is 29.4 Å². The van der Waals surface area contributed by atoms with Gasteiger partial charge in [-0.3, -0.25) is 14.1 Å². The summed E-state index contributed by atoms with van der Waals surface area (Å²) in [6.45, 7) is 4.92. The standard InChI is InChI=1S/C26H24ClN3O2S/c1-28-25-8-3-2-5-19(25)6-4-7-21-17-22(11-14-24(21)27)29-26(31)20-9-12-23(13-10-20)30-18-32-15-16-33-30/h2-6,8-14,17H,1,7,15-16,18H2,(H,29,31)/b6-4-. The van der Waals surface area contributed by atoms with E-state index in [1.54, 1.807) is 24.1 Å². The number of para-hydroxylation sites is 1. The van der Waals surface area contributed by atoms with Crippen molar-refractivity contribution in [1.29, 1.82) is 0 Å². The predicted molar refractivity (Wildman–Crippen MR) is 140 cm³/mol. The maximum Gasteiger partial charge on any atom is 0.255 e. The zero-order chi connectivity index (χ0) is 23.0. The van der Waals surface area contributed by atoms with Crippen molar-refractivity contribution >= 4 is 59.3 Å². The highest BCUT2D eigenvalue weighted by atomic mass is 35.5. The second-order valence-corrected chi connectivity index (χ2v) is 8.89. The summed E-state index contributed by atoms with van der Waals surface area (Å²) in [7, 11) is 0. The second-order valence-electron chi connectivity index (χ2n) is 7.38. The number of hydrogen-bond donors (Lipinski definition) is 1. The second kappa shape index (κ2) is 11.2. The van der Waals surface area contributed by atoms with Crippen molar-refractivity contribution in [3.05, 3.63) is 94.5 Å². The number of halogens is 1. The molecule has 1 saturated heterocycles. The number of carbonyl (C=O) groups is 1. The number of allylic oxidation sites excluding steroid dienone is 1. The van der Waals surface area contributed by atoms with E-state index < -0.39 is 0 Å². The molecular formula is C26H24ClN3O2S. The Morgan fingerprint density at radius 1 is 1.18 bits per heavy atom. The maximum atomic E-state index is 12.7. The minimum atomic E-state index is -0.168. The van der Waals surface area contributed by atoms with Crippen LogP contribution < -0.4 is 9.62 Å². The fourth-order valence-corrected chi connectivity index (χ4v) is 4.44. The predicted octanol–water partition coefficient (Wildman–Crippen LogP) is 6.62. The first-order chi connectivity index (χ1) is 16.1. The molecule has 3 aromatic carbocycles. The average Bonchev–Trinajstić information content (AvgIpc) is 2.87. The minimum Gasteiger partial charge on any atom is -0.359 e. The summed E-state index contributed by atoms with van der Waals surface area (Å²) in [5, 5.41) is 3.61. The van der Waals surface area contributed by atoms with Gasteiger partial charge in [0, 0.05) is 27.7 Å². The fourth-order valence-electron chi connectivity index (χ4n) is 3.42. The van der Waals surface area contributed by atoms with Crippen LogP contribution in [0.2, 0.25) is 5.02 Å². The number of ether oxygens (including phenoxy) is 1. The number of benzene rings is 3. The molecule has 7 heteroatoms. The summed E-state index contributed by atoms with van der Waals surface area (Å²) in [5.41, 5.74) is 5.05. The number of aliphatic imine (C=N–C) groups is 1. The van der Waals surface area contributed by atoms with Crippen molar-refractivity contribution in [2.75, 3.05) is 28.7 Å². The number of anilines is 2. The van der Waals surface area contributed by atoms with E-state index in [1.165, 1.54) is 0 Å². The molecule has 3 aromatic rings. The Kier molecular flexibility index (Phi) is 7.83. The molecule has 0 radical (unpaired) electrons. The van der Waals surface area contributed by atoms with Crippen molar-refractivity contribution in [3.8, 4) is 0 Å². The van der Waals surface area contributed by atoms with Crippen molar-refractivity contribution in [1.82, 2.24) is 0 Å². The zero-order valence-electron chi connectivity index (χ0n) is 18.0. The quantitative estimate of drug-likeness (QED) is 0.307. The Hall–Kier alpha value is -3.06. The van der Waals surface area contributed by atoms with E-state index in [0.717, 1.165) is 34.9 Å². The third-order valence-corrected chi connectivity index (χ3v) is 6.49. The summed E-state index contributed by atoms with van der Waals surface area (Å²) < 4.78 is 7.56. The minimum absolute atomic E-state index is 0.168. The van der Waals surface area contributed by atoms with Crippen LogP contribution in [0, 0.1) is 0 Å². The maximum absolute atomic E-state index is 12.7. The first kappa shape index (κ1) is 23.1. The average molecular weight is 478 g/mol. The molecule has 0 saturated carbocycles. The van der Waals surface area contributed by atoms with Gasteiger partial charge in [-0.05, 0) is 84.7 Å². The molecular weight excluding hydrogens is 454 g/mol. The van der Waals surface area contributed by atoms with Crippen molar-refractivity contribution in [3.63, 3.8) is 0 Å². The number of amides is 1. The van der Waals surface area contributed by atoms with Crippen molar-refractivity contribution in [2.45, 2.75) is 6.42 Å². The molecule has 1 N–H and O–H groups in total.